The van der Waals surface area contributed by atoms with Crippen LogP contribution in [0.2, 0.25) is 0 Å². The van der Waals surface area contributed by atoms with E-state index in [9.17, 15) is 9.59 Å². The Bertz CT molecular complexity index is 147. The molecule has 13 heavy (non-hydrogen) atoms. The Kier molecular flexibility index (Phi) is 18.8. The predicted octanol–water partition coefficient (Wildman–Crippen LogP) is -2.13. The maximum atomic E-state index is 9.77. The molecule has 0 saturated carbocycles. The van der Waals surface area contributed by atoms with Gasteiger partial charge in [0, 0.05) is 50.6 Å². The van der Waals surface area contributed by atoms with Gasteiger partial charge in [-0.05, 0) is 0 Å². The van der Waals surface area contributed by atoms with Crippen molar-refractivity contribution in [1.29, 1.82) is 0 Å². The molecule has 82 valence electrons. The zero-order valence-corrected chi connectivity index (χ0v) is 9.18. The molecule has 2 atom stereocenters. The molecule has 4 N–H and O–H groups in total. The number of aliphatic hydroxyl groups is 2. The summed E-state index contributed by atoms with van der Waals surface area (Å²) in [5.41, 5.74) is 0. The van der Waals surface area contributed by atoms with Crippen molar-refractivity contribution in [2.75, 3.05) is 0 Å². The van der Waals surface area contributed by atoms with Gasteiger partial charge in [0.2, 0.25) is 0 Å². The van der Waals surface area contributed by atoms with Crippen molar-refractivity contribution >= 4 is 11.9 Å². The van der Waals surface area contributed by atoms with Crippen molar-refractivity contribution in [2.24, 2.45) is 0 Å². The molecule has 0 spiro atoms. The second kappa shape index (κ2) is 10.5. The normalized spacial score (nSPS) is 12.2. The van der Waals surface area contributed by atoms with E-state index < -0.39 is 24.1 Å². The first kappa shape index (κ1) is 23.3. The third-order valence-electron chi connectivity index (χ3n) is 0.805. The summed E-state index contributed by atoms with van der Waals surface area (Å²) in [6, 6.07) is 0. The fourth-order valence-electron chi connectivity index (χ4n) is 0.270. The summed E-state index contributed by atoms with van der Waals surface area (Å²) in [6.45, 7) is 0. The predicted molar refractivity (Wildman–Crippen MR) is 27.3 cm³/mol. The van der Waals surface area contributed by atoms with Gasteiger partial charge >= 0.3 is 11.9 Å². The van der Waals surface area contributed by atoms with E-state index in [1.165, 1.54) is 0 Å². The Balaban J connectivity index is -0.000000135. The van der Waals surface area contributed by atoms with E-state index in [0.29, 0.717) is 0 Å². The van der Waals surface area contributed by atoms with Crippen LogP contribution in [0, 0.1) is 0 Å². The molecule has 0 bridgehead atoms. The van der Waals surface area contributed by atoms with Crippen molar-refractivity contribution in [2.45, 2.75) is 12.2 Å². The van der Waals surface area contributed by atoms with Crippen LogP contribution in [0.1, 0.15) is 0 Å². The summed E-state index contributed by atoms with van der Waals surface area (Å²) >= 11 is 0. The summed E-state index contributed by atoms with van der Waals surface area (Å²) in [4.78, 5) is 19.5. The smallest absolute Gasteiger partial charge is 0.335 e. The SMILES string of the molecule is O=C(O)C(O)C(O)C(=O)O.[Mn].[Mn].[Ni]. The van der Waals surface area contributed by atoms with Crippen LogP contribution in [0.5, 0.6) is 0 Å². The van der Waals surface area contributed by atoms with Gasteiger partial charge in [-0.1, -0.05) is 0 Å². The molecule has 0 heterocycles. The van der Waals surface area contributed by atoms with Crippen molar-refractivity contribution in [3.63, 3.8) is 0 Å². The Morgan fingerprint density at radius 1 is 0.846 bits per heavy atom. The molecule has 0 aliphatic carbocycles. The zero-order valence-electron chi connectivity index (χ0n) is 5.83. The first-order valence-corrected chi connectivity index (χ1v) is 2.28. The van der Waals surface area contributed by atoms with Gasteiger partial charge in [-0.2, -0.15) is 0 Å². The molecule has 6 nitrogen and oxygen atoms in total. The fraction of sp³-hybridized carbons (Fsp3) is 0.500. The monoisotopic (exact) mass is 318 g/mol. The number of carboxylic acids is 2. The molecule has 0 aromatic heterocycles. The number of hydrogen-bond acceptors (Lipinski definition) is 4. The average Bonchev–Trinajstić information content (AvgIpc) is 1.84. The second-order valence-electron chi connectivity index (χ2n) is 1.57. The number of carboxylic acid groups (broad SMARTS) is 2. The van der Waals surface area contributed by atoms with Gasteiger partial charge in [0.25, 0.3) is 0 Å². The largest absolute Gasteiger partial charge is 0.479 e. The summed E-state index contributed by atoms with van der Waals surface area (Å²) in [5, 5.41) is 32.5. The van der Waals surface area contributed by atoms with E-state index in [0.717, 1.165) is 0 Å². The van der Waals surface area contributed by atoms with Gasteiger partial charge < -0.3 is 20.4 Å². The van der Waals surface area contributed by atoms with Crippen LogP contribution in [0.3, 0.4) is 0 Å². The van der Waals surface area contributed by atoms with E-state index in [1.54, 1.807) is 0 Å². The number of hydrogen-bond donors (Lipinski definition) is 4. The minimum absolute atomic E-state index is 0. The zero-order chi connectivity index (χ0) is 8.31. The fourth-order valence-corrected chi connectivity index (χ4v) is 0.270. The Morgan fingerprint density at radius 3 is 1.08 bits per heavy atom. The van der Waals surface area contributed by atoms with Crippen LogP contribution in [0.15, 0.2) is 0 Å². The van der Waals surface area contributed by atoms with Crippen molar-refractivity contribution in [1.82, 2.24) is 0 Å². The van der Waals surface area contributed by atoms with Gasteiger partial charge in [0.1, 0.15) is 0 Å². The molecular weight excluding hydrogens is 313 g/mol. The van der Waals surface area contributed by atoms with Crippen molar-refractivity contribution in [3.8, 4) is 0 Å². The minimum Gasteiger partial charge on any atom is -0.479 e. The Labute approximate surface area is 105 Å². The van der Waals surface area contributed by atoms with Crippen molar-refractivity contribution < 1.29 is 80.6 Å². The summed E-state index contributed by atoms with van der Waals surface area (Å²) < 4.78 is 0. The van der Waals surface area contributed by atoms with Gasteiger partial charge in [-0.15, -0.1) is 0 Å². The van der Waals surface area contributed by atoms with Crippen LogP contribution in [-0.2, 0) is 60.2 Å². The topological polar surface area (TPSA) is 115 Å². The maximum absolute atomic E-state index is 9.77. The van der Waals surface area contributed by atoms with Gasteiger partial charge in [0.15, 0.2) is 12.2 Å². The van der Waals surface area contributed by atoms with E-state index >= 15 is 0 Å². The number of carbonyl (C=O) groups is 2. The first-order valence-electron chi connectivity index (χ1n) is 2.28. The molecule has 0 fully saturated rings. The number of aliphatic carboxylic acids is 2. The van der Waals surface area contributed by atoms with Crippen LogP contribution >= 0.6 is 0 Å². The molecule has 0 saturated heterocycles. The van der Waals surface area contributed by atoms with Crippen LogP contribution in [0.4, 0.5) is 0 Å². The molecule has 2 unspecified atom stereocenters. The summed E-state index contributed by atoms with van der Waals surface area (Å²) in [6.07, 6.45) is -4.53. The van der Waals surface area contributed by atoms with Gasteiger partial charge in [0.05, 0.1) is 0 Å². The molecule has 0 rings (SSSR count). The minimum atomic E-state index is -2.27. The molecule has 0 amide bonds. The first-order chi connectivity index (χ1) is 4.46. The second-order valence-corrected chi connectivity index (χ2v) is 1.57. The van der Waals surface area contributed by atoms with Crippen LogP contribution in [0.25, 0.3) is 0 Å². The molecule has 9 heteroatoms. The Hall–Kier alpha value is 0.392. The number of aliphatic hydroxyl groups excluding tert-OH is 2. The maximum Gasteiger partial charge on any atom is 0.335 e. The van der Waals surface area contributed by atoms with Crippen LogP contribution in [-0.4, -0.2) is 44.6 Å². The molecule has 2 radical (unpaired) electrons. The van der Waals surface area contributed by atoms with Gasteiger partial charge in [-0.3, -0.25) is 0 Å². The summed E-state index contributed by atoms with van der Waals surface area (Å²) in [5.74, 6) is -3.54. The standard InChI is InChI=1S/C4H6O6.2Mn.Ni/c5-1(3(7)8)2(6)4(9)10;;;/h1-2,5-6H,(H,7,8)(H,9,10);;;. The molecule has 0 aromatic carbocycles. The van der Waals surface area contributed by atoms with Gasteiger partial charge in [-0.25, -0.2) is 9.59 Å². The van der Waals surface area contributed by atoms with E-state index in [1.807, 2.05) is 0 Å². The third kappa shape index (κ3) is 8.72. The molecule has 0 aliphatic rings. The summed E-state index contributed by atoms with van der Waals surface area (Å²) in [7, 11) is 0. The Morgan fingerprint density at radius 2 is 1.00 bits per heavy atom. The molecule has 0 aliphatic heterocycles. The molecular formula is C4H6Mn2NiO6. The average molecular weight is 319 g/mol. The van der Waals surface area contributed by atoms with E-state index in [-0.39, 0.29) is 50.6 Å². The quantitative estimate of drug-likeness (QED) is 0.442. The number of rotatable bonds is 3. The third-order valence-corrected chi connectivity index (χ3v) is 0.805. The van der Waals surface area contributed by atoms with E-state index in [2.05, 4.69) is 0 Å². The van der Waals surface area contributed by atoms with Crippen LogP contribution < -0.4 is 0 Å². The van der Waals surface area contributed by atoms with E-state index in [4.69, 9.17) is 20.4 Å². The van der Waals surface area contributed by atoms with Crippen molar-refractivity contribution in [3.05, 3.63) is 0 Å². The molecule has 0 aromatic rings.